The first-order chi connectivity index (χ1) is 16.8. The molecule has 2 aromatic carbocycles. The van der Waals surface area contributed by atoms with Gasteiger partial charge in [0.15, 0.2) is 5.82 Å². The summed E-state index contributed by atoms with van der Waals surface area (Å²) in [5.74, 6) is -0.902. The van der Waals surface area contributed by atoms with Crippen LogP contribution in [0.3, 0.4) is 0 Å². The third kappa shape index (κ3) is 5.05. The molecule has 0 spiro atoms. The second kappa shape index (κ2) is 9.05. The minimum absolute atomic E-state index is 0.0214. The van der Waals surface area contributed by atoms with E-state index in [4.69, 9.17) is 0 Å². The fourth-order valence-electron chi connectivity index (χ4n) is 3.62. The van der Waals surface area contributed by atoms with Gasteiger partial charge in [-0.2, -0.15) is 23.3 Å². The molecule has 0 fully saturated rings. The topological polar surface area (TPSA) is 121 Å². The zero-order valence-electron chi connectivity index (χ0n) is 18.1. The number of amides is 1. The van der Waals surface area contributed by atoms with E-state index in [2.05, 4.69) is 36.0 Å². The number of carbonyl (C=O) groups is 1. The summed E-state index contributed by atoms with van der Waals surface area (Å²) in [6, 6.07) is 14.9. The first kappa shape index (κ1) is 22.3. The molecule has 0 radical (unpaired) electrons. The van der Waals surface area contributed by atoms with Crippen LogP contribution in [0.5, 0.6) is 0 Å². The van der Waals surface area contributed by atoms with Gasteiger partial charge in [-0.3, -0.25) is 9.89 Å². The van der Waals surface area contributed by atoms with E-state index in [9.17, 15) is 18.0 Å². The van der Waals surface area contributed by atoms with E-state index >= 15 is 0 Å². The first-order valence-corrected chi connectivity index (χ1v) is 10.7. The van der Waals surface area contributed by atoms with Crippen molar-refractivity contribution in [2.45, 2.75) is 25.6 Å². The molecule has 35 heavy (non-hydrogen) atoms. The van der Waals surface area contributed by atoms with Crippen LogP contribution in [0.25, 0.3) is 11.4 Å². The number of rotatable bonds is 6. The summed E-state index contributed by atoms with van der Waals surface area (Å²) in [6.45, 7) is 0.374. The van der Waals surface area contributed by atoms with Gasteiger partial charge >= 0.3 is 6.18 Å². The Bertz CT molecular complexity index is 1370. The normalized spacial score (nSPS) is 13.2. The lowest BCUT2D eigenvalue weighted by atomic mass is 10.0. The number of halogens is 3. The van der Waals surface area contributed by atoms with Crippen LogP contribution in [-0.4, -0.2) is 31.1 Å². The zero-order chi connectivity index (χ0) is 24.4. The van der Waals surface area contributed by atoms with Gasteiger partial charge in [-0.05, 0) is 35.7 Å². The fourth-order valence-corrected chi connectivity index (χ4v) is 3.62. The van der Waals surface area contributed by atoms with E-state index < -0.39 is 12.0 Å². The lowest BCUT2D eigenvalue weighted by Gasteiger charge is -2.18. The van der Waals surface area contributed by atoms with Crippen LogP contribution in [0.4, 0.5) is 36.3 Å². The Balaban J connectivity index is 1.44. The summed E-state index contributed by atoms with van der Waals surface area (Å²) < 4.78 is 39.1. The molecule has 4 N–H and O–H groups in total. The van der Waals surface area contributed by atoms with Crippen LogP contribution in [0.1, 0.15) is 23.4 Å². The van der Waals surface area contributed by atoms with Gasteiger partial charge in [0, 0.05) is 30.5 Å². The molecule has 178 valence electrons. The molecule has 0 bridgehead atoms. The molecule has 3 heterocycles. The Labute approximate surface area is 197 Å². The van der Waals surface area contributed by atoms with E-state index in [-0.39, 0.29) is 29.1 Å². The number of carbonyl (C=O) groups excluding carboxylic acids is 1. The van der Waals surface area contributed by atoms with Crippen LogP contribution in [0, 0.1) is 0 Å². The molecular weight excluding hydrogens is 461 g/mol. The van der Waals surface area contributed by atoms with Crippen molar-refractivity contribution in [3.8, 4) is 11.4 Å². The lowest BCUT2D eigenvalue weighted by molar-refractivity contribution is -0.144. The Morgan fingerprint density at radius 3 is 2.63 bits per heavy atom. The number of aromatic nitrogens is 5. The Hall–Kier alpha value is -4.48. The van der Waals surface area contributed by atoms with E-state index in [0.717, 1.165) is 16.8 Å². The summed E-state index contributed by atoms with van der Waals surface area (Å²) in [5, 5.41) is 14.7. The maximum atomic E-state index is 13.0. The van der Waals surface area contributed by atoms with Gasteiger partial charge in [0.05, 0.1) is 5.56 Å². The maximum Gasteiger partial charge on any atom is 0.451 e. The van der Waals surface area contributed by atoms with Crippen LogP contribution in [0.15, 0.2) is 54.7 Å². The first-order valence-electron chi connectivity index (χ1n) is 10.7. The van der Waals surface area contributed by atoms with Gasteiger partial charge in [0.2, 0.25) is 17.7 Å². The lowest BCUT2D eigenvalue weighted by Crippen LogP contribution is -2.18. The second-order valence-corrected chi connectivity index (χ2v) is 7.85. The molecule has 1 amide bonds. The molecule has 0 aliphatic carbocycles. The smallest absolute Gasteiger partial charge is 0.365 e. The van der Waals surface area contributed by atoms with Gasteiger partial charge in [-0.25, -0.2) is 9.97 Å². The van der Waals surface area contributed by atoms with E-state index in [1.165, 1.54) is 6.20 Å². The highest BCUT2D eigenvalue weighted by atomic mass is 19.4. The van der Waals surface area contributed by atoms with Crippen molar-refractivity contribution < 1.29 is 18.0 Å². The summed E-state index contributed by atoms with van der Waals surface area (Å²) >= 11 is 0. The Morgan fingerprint density at radius 2 is 1.86 bits per heavy atom. The van der Waals surface area contributed by atoms with Gasteiger partial charge in [0.1, 0.15) is 5.82 Å². The number of hydrogen-bond acceptors (Lipinski definition) is 7. The quantitative estimate of drug-likeness (QED) is 0.320. The summed E-state index contributed by atoms with van der Waals surface area (Å²) in [5.41, 5.74) is 3.62. The summed E-state index contributed by atoms with van der Waals surface area (Å²) in [6.07, 6.45) is -2.26. The number of alkyl halides is 3. The molecule has 0 saturated heterocycles. The molecule has 5 rings (SSSR count). The molecule has 1 aliphatic heterocycles. The van der Waals surface area contributed by atoms with Crippen molar-refractivity contribution >= 4 is 29.0 Å². The third-order valence-electron chi connectivity index (χ3n) is 5.34. The largest absolute Gasteiger partial charge is 0.451 e. The van der Waals surface area contributed by atoms with Crippen molar-refractivity contribution in [1.82, 2.24) is 25.1 Å². The van der Waals surface area contributed by atoms with Gasteiger partial charge < -0.3 is 16.0 Å². The Morgan fingerprint density at radius 1 is 1.03 bits per heavy atom. The second-order valence-electron chi connectivity index (χ2n) is 7.85. The fraction of sp³-hybridized carbons (Fsp3) is 0.174. The average molecular weight is 480 g/mol. The van der Waals surface area contributed by atoms with Crippen molar-refractivity contribution in [2.75, 3.05) is 16.0 Å². The molecule has 2 aromatic heterocycles. The predicted octanol–water partition coefficient (Wildman–Crippen LogP) is 4.52. The minimum Gasteiger partial charge on any atom is -0.365 e. The van der Waals surface area contributed by atoms with Gasteiger partial charge in [0.25, 0.3) is 0 Å². The minimum atomic E-state index is -4.66. The molecule has 0 unspecified atom stereocenters. The van der Waals surface area contributed by atoms with Gasteiger partial charge in [-0.1, -0.05) is 30.3 Å². The molecule has 1 aliphatic rings. The number of benzene rings is 2. The number of nitrogens with one attached hydrogen (secondary N) is 4. The number of fused-ring (bicyclic) bond motifs is 1. The molecule has 9 nitrogen and oxygen atoms in total. The van der Waals surface area contributed by atoms with Crippen molar-refractivity contribution in [3.05, 3.63) is 71.7 Å². The number of aryl methyl sites for hydroxylation is 1. The number of anilines is 4. The number of nitrogens with zero attached hydrogens (tertiary/aromatic N) is 4. The van der Waals surface area contributed by atoms with Crippen LogP contribution in [-0.2, 0) is 23.9 Å². The zero-order valence-corrected chi connectivity index (χ0v) is 18.1. The van der Waals surface area contributed by atoms with Crippen molar-refractivity contribution in [1.29, 1.82) is 0 Å². The van der Waals surface area contributed by atoms with Gasteiger partial charge in [-0.15, -0.1) is 0 Å². The number of H-pyrrole nitrogens is 1. The molecule has 4 aromatic rings. The molecule has 0 atom stereocenters. The van der Waals surface area contributed by atoms with Crippen LogP contribution < -0.4 is 16.0 Å². The standard InChI is InChI=1S/C23H19F3N8O/c24-23(25,26)21-31-20(33-34-21)16-12-28-22(32-19(16)27-11-13-4-2-1-3-5-13)29-15-7-8-17-14(10-15)6-9-18(35)30-17/h1-5,7-8,10,12H,6,9,11H2,(H,30,35)(H,31,33,34)(H2,27,28,29,32). The monoisotopic (exact) mass is 480 g/mol. The predicted molar refractivity (Wildman–Crippen MR) is 123 cm³/mol. The van der Waals surface area contributed by atoms with Crippen LogP contribution in [0.2, 0.25) is 0 Å². The highest BCUT2D eigenvalue weighted by molar-refractivity contribution is 5.94. The third-order valence-corrected chi connectivity index (χ3v) is 5.34. The van der Waals surface area contributed by atoms with Crippen LogP contribution >= 0.6 is 0 Å². The summed E-state index contributed by atoms with van der Waals surface area (Å²) in [4.78, 5) is 23.9. The molecular formula is C23H19F3N8O. The number of hydrogen-bond donors (Lipinski definition) is 4. The van der Waals surface area contributed by atoms with E-state index in [1.54, 1.807) is 12.1 Å². The highest BCUT2D eigenvalue weighted by Crippen LogP contribution is 2.31. The van der Waals surface area contributed by atoms with Crippen molar-refractivity contribution in [2.24, 2.45) is 0 Å². The molecule has 12 heteroatoms. The summed E-state index contributed by atoms with van der Waals surface area (Å²) in [7, 11) is 0. The van der Waals surface area contributed by atoms with E-state index in [0.29, 0.717) is 25.1 Å². The number of aromatic amines is 1. The maximum absolute atomic E-state index is 13.0. The van der Waals surface area contributed by atoms with E-state index in [1.807, 2.05) is 41.5 Å². The molecule has 0 saturated carbocycles. The van der Waals surface area contributed by atoms with Crippen molar-refractivity contribution in [3.63, 3.8) is 0 Å². The SMILES string of the molecule is O=C1CCc2cc(Nc3ncc(-c4n[nH]c(C(F)(F)F)n4)c(NCc4ccccc4)n3)ccc2N1. The highest BCUT2D eigenvalue weighted by Gasteiger charge is 2.35. The Kier molecular flexibility index (Phi) is 5.77. The average Bonchev–Trinajstić information content (AvgIpc) is 3.34.